The van der Waals surface area contributed by atoms with E-state index >= 15 is 0 Å². The molecule has 6 nitrogen and oxygen atoms in total. The van der Waals surface area contributed by atoms with Crippen molar-refractivity contribution in [2.45, 2.75) is 32.2 Å². The average Bonchev–Trinajstić information content (AvgIpc) is 2.88. The fourth-order valence-electron chi connectivity index (χ4n) is 2.96. The number of amides is 1. The van der Waals surface area contributed by atoms with Crippen molar-refractivity contribution < 1.29 is 9.18 Å². The fourth-order valence-corrected chi connectivity index (χ4v) is 2.96. The van der Waals surface area contributed by atoms with E-state index in [0.29, 0.717) is 17.7 Å². The number of primary amides is 1. The van der Waals surface area contributed by atoms with E-state index in [2.05, 4.69) is 20.3 Å². The minimum atomic E-state index is -0.692. The molecule has 0 unspecified atom stereocenters. The second-order valence-corrected chi connectivity index (χ2v) is 5.88. The number of aromatic amines is 1. The lowest BCUT2D eigenvalue weighted by Crippen LogP contribution is -2.24. The number of hydrogen-bond acceptors (Lipinski definition) is 4. The van der Waals surface area contributed by atoms with Gasteiger partial charge in [0.05, 0.1) is 0 Å². The normalized spacial score (nSPS) is 16.2. The molecule has 0 spiro atoms. The summed E-state index contributed by atoms with van der Waals surface area (Å²) in [6.45, 7) is 2.63. The van der Waals surface area contributed by atoms with Gasteiger partial charge < -0.3 is 5.73 Å². The maximum Gasteiger partial charge on any atom is 0.271 e. The Morgan fingerprint density at radius 3 is 2.61 bits per heavy atom. The highest BCUT2D eigenvalue weighted by atomic mass is 19.1. The lowest BCUT2D eigenvalue weighted by molar-refractivity contribution is 0.0996. The molecule has 0 bridgehead atoms. The van der Waals surface area contributed by atoms with E-state index < -0.39 is 5.91 Å². The van der Waals surface area contributed by atoms with Gasteiger partial charge in [-0.15, -0.1) is 0 Å². The maximum absolute atomic E-state index is 14.4. The van der Waals surface area contributed by atoms with Crippen molar-refractivity contribution in [3.63, 3.8) is 0 Å². The Bertz CT molecular complexity index is 692. The molecule has 0 saturated carbocycles. The Kier molecular flexibility index (Phi) is 4.66. The van der Waals surface area contributed by atoms with E-state index in [1.54, 1.807) is 12.1 Å². The largest absolute Gasteiger partial charge is 0.364 e. The first-order chi connectivity index (χ1) is 11.1. The number of benzene rings is 1. The van der Waals surface area contributed by atoms with E-state index in [4.69, 9.17) is 5.73 Å². The highest BCUT2D eigenvalue weighted by molar-refractivity contribution is 5.96. The van der Waals surface area contributed by atoms with Crippen LogP contribution in [0.15, 0.2) is 18.2 Å². The average molecular weight is 317 g/mol. The summed E-state index contributed by atoms with van der Waals surface area (Å²) in [6, 6.07) is 4.88. The molecule has 1 amide bonds. The van der Waals surface area contributed by atoms with Crippen molar-refractivity contribution in [1.29, 1.82) is 0 Å². The lowest BCUT2D eigenvalue weighted by atomic mass is 10.1. The van der Waals surface area contributed by atoms with Crippen LogP contribution < -0.4 is 5.73 Å². The summed E-state index contributed by atoms with van der Waals surface area (Å²) >= 11 is 0. The number of carbonyl (C=O) groups is 1. The first-order valence-electron chi connectivity index (χ1n) is 7.87. The molecule has 122 valence electrons. The SMILES string of the molecule is NC(=O)c1n[nH]nc1-c1ccc(CN2CCCCCC2)c(F)c1. The number of nitrogens with one attached hydrogen (secondary N) is 1. The van der Waals surface area contributed by atoms with E-state index in [0.717, 1.165) is 13.1 Å². The first kappa shape index (κ1) is 15.6. The number of H-pyrrole nitrogens is 1. The van der Waals surface area contributed by atoms with Crippen LogP contribution in [-0.2, 0) is 6.54 Å². The molecule has 7 heteroatoms. The number of nitrogens with two attached hydrogens (primary N) is 1. The molecule has 2 heterocycles. The smallest absolute Gasteiger partial charge is 0.271 e. The van der Waals surface area contributed by atoms with Crippen LogP contribution in [-0.4, -0.2) is 39.3 Å². The lowest BCUT2D eigenvalue weighted by Gasteiger charge is -2.20. The molecule has 1 fully saturated rings. The Labute approximate surface area is 133 Å². The van der Waals surface area contributed by atoms with Gasteiger partial charge in [0.2, 0.25) is 0 Å². The summed E-state index contributed by atoms with van der Waals surface area (Å²) in [5.41, 5.74) is 6.68. The first-order valence-corrected chi connectivity index (χ1v) is 7.87. The molecule has 0 atom stereocenters. The zero-order chi connectivity index (χ0) is 16.2. The highest BCUT2D eigenvalue weighted by Crippen LogP contribution is 2.23. The van der Waals surface area contributed by atoms with Crippen LogP contribution in [0.5, 0.6) is 0 Å². The fraction of sp³-hybridized carbons (Fsp3) is 0.438. The van der Waals surface area contributed by atoms with Crippen LogP contribution in [0.2, 0.25) is 0 Å². The Morgan fingerprint density at radius 1 is 1.22 bits per heavy atom. The van der Waals surface area contributed by atoms with Gasteiger partial charge in [0.25, 0.3) is 5.91 Å². The standard InChI is InChI=1S/C16H20FN5O/c17-13-9-11(14-15(16(18)23)20-21-19-14)5-6-12(13)10-22-7-3-1-2-4-8-22/h5-6,9H,1-4,7-8,10H2,(H2,18,23)(H,19,20,21). The molecular formula is C16H20FN5O. The van der Waals surface area contributed by atoms with Crippen molar-refractivity contribution >= 4 is 5.91 Å². The molecule has 23 heavy (non-hydrogen) atoms. The predicted octanol–water partition coefficient (Wildman–Crippen LogP) is 2.09. The number of halogens is 1. The summed E-state index contributed by atoms with van der Waals surface area (Å²) in [4.78, 5) is 13.6. The molecule has 1 aromatic heterocycles. The Hall–Kier alpha value is -2.28. The second kappa shape index (κ2) is 6.87. The monoisotopic (exact) mass is 317 g/mol. The number of nitrogens with zero attached hydrogens (tertiary/aromatic N) is 3. The summed E-state index contributed by atoms with van der Waals surface area (Å²) < 4.78 is 14.4. The Morgan fingerprint density at radius 2 is 1.96 bits per heavy atom. The van der Waals surface area contributed by atoms with Crippen molar-refractivity contribution in [1.82, 2.24) is 20.3 Å². The summed E-state index contributed by atoms with van der Waals surface area (Å²) in [5, 5.41) is 9.95. The van der Waals surface area contributed by atoms with Gasteiger partial charge >= 0.3 is 0 Å². The van der Waals surface area contributed by atoms with Gasteiger partial charge in [-0.25, -0.2) is 4.39 Å². The van der Waals surface area contributed by atoms with Crippen molar-refractivity contribution in [3.8, 4) is 11.3 Å². The van der Waals surface area contributed by atoms with Crippen LogP contribution in [0.25, 0.3) is 11.3 Å². The van der Waals surface area contributed by atoms with Gasteiger partial charge in [-0.2, -0.15) is 15.4 Å². The molecule has 1 aliphatic heterocycles. The summed E-state index contributed by atoms with van der Waals surface area (Å²) in [7, 11) is 0. The van der Waals surface area contributed by atoms with Crippen LogP contribution in [0.1, 0.15) is 41.7 Å². The molecule has 3 N–H and O–H groups in total. The molecule has 1 aromatic carbocycles. The topological polar surface area (TPSA) is 87.9 Å². The number of likely N-dealkylation sites (tertiary alicyclic amines) is 1. The zero-order valence-electron chi connectivity index (χ0n) is 12.9. The maximum atomic E-state index is 14.4. The molecule has 1 saturated heterocycles. The quantitative estimate of drug-likeness (QED) is 0.904. The van der Waals surface area contributed by atoms with Gasteiger partial charge in [-0.05, 0) is 32.0 Å². The zero-order valence-corrected chi connectivity index (χ0v) is 12.9. The van der Waals surface area contributed by atoms with Gasteiger partial charge in [0.1, 0.15) is 11.5 Å². The van der Waals surface area contributed by atoms with Gasteiger partial charge in [-0.1, -0.05) is 25.0 Å². The third-order valence-electron chi connectivity index (χ3n) is 4.20. The van der Waals surface area contributed by atoms with Crippen molar-refractivity contribution in [2.75, 3.05) is 13.1 Å². The molecule has 0 aliphatic carbocycles. The van der Waals surface area contributed by atoms with E-state index in [9.17, 15) is 9.18 Å². The Balaban J connectivity index is 1.80. The number of aromatic nitrogens is 3. The van der Waals surface area contributed by atoms with Gasteiger partial charge in [-0.3, -0.25) is 9.69 Å². The molecule has 0 radical (unpaired) electrons. The van der Waals surface area contributed by atoms with E-state index in [1.165, 1.54) is 31.7 Å². The second-order valence-electron chi connectivity index (χ2n) is 5.88. The minimum Gasteiger partial charge on any atom is -0.364 e. The molecule has 2 aromatic rings. The number of rotatable bonds is 4. The molecule has 3 rings (SSSR count). The summed E-state index contributed by atoms with van der Waals surface area (Å²) in [6.07, 6.45) is 4.83. The van der Waals surface area contributed by atoms with Crippen LogP contribution >= 0.6 is 0 Å². The third-order valence-corrected chi connectivity index (χ3v) is 4.20. The van der Waals surface area contributed by atoms with E-state index in [-0.39, 0.29) is 17.2 Å². The highest BCUT2D eigenvalue weighted by Gasteiger charge is 2.17. The molecular weight excluding hydrogens is 297 g/mol. The van der Waals surface area contributed by atoms with Crippen LogP contribution in [0, 0.1) is 5.82 Å². The number of hydrogen-bond donors (Lipinski definition) is 2. The van der Waals surface area contributed by atoms with Crippen molar-refractivity contribution in [3.05, 3.63) is 35.3 Å². The summed E-state index contributed by atoms with van der Waals surface area (Å²) in [5.74, 6) is -0.993. The van der Waals surface area contributed by atoms with Crippen molar-refractivity contribution in [2.24, 2.45) is 5.73 Å². The van der Waals surface area contributed by atoms with E-state index in [1.807, 2.05) is 0 Å². The molecule has 1 aliphatic rings. The van der Waals surface area contributed by atoms with Gasteiger partial charge in [0.15, 0.2) is 5.69 Å². The number of carbonyl (C=O) groups excluding carboxylic acids is 1. The van der Waals surface area contributed by atoms with Gasteiger partial charge in [0, 0.05) is 17.7 Å². The predicted molar refractivity (Wildman–Crippen MR) is 84.0 cm³/mol. The minimum absolute atomic E-state index is 0.0182. The van der Waals surface area contributed by atoms with Crippen LogP contribution in [0.4, 0.5) is 4.39 Å². The van der Waals surface area contributed by atoms with Crippen LogP contribution in [0.3, 0.4) is 0 Å². The third kappa shape index (κ3) is 3.56.